The van der Waals surface area contributed by atoms with Crippen LogP contribution in [0.2, 0.25) is 0 Å². The monoisotopic (exact) mass is 237 g/mol. The van der Waals surface area contributed by atoms with Crippen LogP contribution in [0.4, 0.5) is 0 Å². The van der Waals surface area contributed by atoms with Gasteiger partial charge in [0.05, 0.1) is 11.7 Å². The van der Waals surface area contributed by atoms with Crippen molar-refractivity contribution >= 4 is 0 Å². The highest BCUT2D eigenvalue weighted by molar-refractivity contribution is 4.91. The minimum atomic E-state index is 0.326. The summed E-state index contributed by atoms with van der Waals surface area (Å²) in [6.07, 6.45) is 15.5. The highest BCUT2D eigenvalue weighted by atomic mass is 16.5. The van der Waals surface area contributed by atoms with Crippen molar-refractivity contribution in [3.63, 3.8) is 0 Å². The van der Waals surface area contributed by atoms with Gasteiger partial charge in [0.25, 0.3) is 0 Å². The summed E-state index contributed by atoms with van der Waals surface area (Å²) < 4.78 is 6.38. The lowest BCUT2D eigenvalue weighted by Crippen LogP contribution is -2.31. The second-order valence-corrected chi connectivity index (χ2v) is 6.39. The van der Waals surface area contributed by atoms with Crippen molar-refractivity contribution in [3.8, 4) is 0 Å². The van der Waals surface area contributed by atoms with Crippen molar-refractivity contribution in [2.45, 2.75) is 88.4 Å². The smallest absolute Gasteiger partial charge is 0.0687 e. The zero-order valence-corrected chi connectivity index (χ0v) is 11.0. The van der Waals surface area contributed by atoms with Crippen LogP contribution in [0.5, 0.6) is 0 Å². The molecule has 1 saturated heterocycles. The molecule has 2 nitrogen and oxygen atoms in total. The Hall–Kier alpha value is -0.0800. The van der Waals surface area contributed by atoms with Gasteiger partial charge in [-0.05, 0) is 57.9 Å². The summed E-state index contributed by atoms with van der Waals surface area (Å²) in [5.74, 6) is 0. The summed E-state index contributed by atoms with van der Waals surface area (Å²) in [4.78, 5) is 0. The van der Waals surface area contributed by atoms with Gasteiger partial charge in [0.2, 0.25) is 0 Å². The van der Waals surface area contributed by atoms with Crippen LogP contribution in [-0.4, -0.2) is 24.3 Å². The number of hydrogen-bond acceptors (Lipinski definition) is 2. The van der Waals surface area contributed by atoms with Crippen molar-refractivity contribution in [1.82, 2.24) is 5.32 Å². The van der Waals surface area contributed by atoms with E-state index in [4.69, 9.17) is 4.74 Å². The molecule has 0 aromatic rings. The molecular weight excluding hydrogens is 210 g/mol. The second kappa shape index (κ2) is 5.27. The third-order valence-corrected chi connectivity index (χ3v) is 4.82. The molecule has 1 heterocycles. The van der Waals surface area contributed by atoms with Gasteiger partial charge in [0.15, 0.2) is 0 Å². The predicted octanol–water partition coefficient (Wildman–Crippen LogP) is 3.40. The molecule has 0 aromatic heterocycles. The van der Waals surface area contributed by atoms with Crippen molar-refractivity contribution < 1.29 is 4.74 Å². The Bertz CT molecular complexity index is 243. The van der Waals surface area contributed by atoms with Crippen LogP contribution in [-0.2, 0) is 4.74 Å². The Morgan fingerprint density at radius 3 is 2.59 bits per heavy atom. The molecule has 2 heteroatoms. The normalized spacial score (nSPS) is 32.1. The van der Waals surface area contributed by atoms with Crippen LogP contribution in [0.15, 0.2) is 0 Å². The molecule has 2 saturated carbocycles. The van der Waals surface area contributed by atoms with Crippen molar-refractivity contribution in [2.24, 2.45) is 0 Å². The molecule has 1 atom stereocenters. The van der Waals surface area contributed by atoms with Gasteiger partial charge in [-0.3, -0.25) is 0 Å². The van der Waals surface area contributed by atoms with E-state index in [1.807, 2.05) is 0 Å². The Labute approximate surface area is 105 Å². The number of nitrogens with one attached hydrogen (secondary N) is 1. The lowest BCUT2D eigenvalue weighted by atomic mass is 9.83. The highest BCUT2D eigenvalue weighted by Crippen LogP contribution is 2.42. The van der Waals surface area contributed by atoms with Crippen LogP contribution < -0.4 is 5.32 Å². The van der Waals surface area contributed by atoms with Crippen LogP contribution in [0.1, 0.15) is 70.6 Å². The summed E-state index contributed by atoms with van der Waals surface area (Å²) in [5.41, 5.74) is 0.326. The van der Waals surface area contributed by atoms with E-state index < -0.39 is 0 Å². The Morgan fingerprint density at radius 2 is 1.82 bits per heavy atom. The first kappa shape index (κ1) is 12.0. The fourth-order valence-electron chi connectivity index (χ4n) is 3.59. The van der Waals surface area contributed by atoms with Gasteiger partial charge in [-0.2, -0.15) is 0 Å². The van der Waals surface area contributed by atoms with E-state index in [9.17, 15) is 0 Å². The van der Waals surface area contributed by atoms with Crippen LogP contribution in [0.3, 0.4) is 0 Å². The van der Waals surface area contributed by atoms with Gasteiger partial charge >= 0.3 is 0 Å². The van der Waals surface area contributed by atoms with Crippen molar-refractivity contribution in [3.05, 3.63) is 0 Å². The van der Waals surface area contributed by atoms with E-state index in [-0.39, 0.29) is 0 Å². The lowest BCUT2D eigenvalue weighted by molar-refractivity contribution is -0.0659. The molecule has 1 aliphatic heterocycles. The molecule has 3 rings (SSSR count). The molecule has 0 radical (unpaired) electrons. The third kappa shape index (κ3) is 3.23. The Morgan fingerprint density at radius 1 is 1.00 bits per heavy atom. The summed E-state index contributed by atoms with van der Waals surface area (Å²) >= 11 is 0. The Kier molecular flexibility index (Phi) is 3.72. The maximum absolute atomic E-state index is 6.38. The molecule has 1 N–H and O–H groups in total. The average Bonchev–Trinajstić information content (AvgIpc) is 3.10. The number of hydrogen-bond donors (Lipinski definition) is 1. The van der Waals surface area contributed by atoms with Crippen molar-refractivity contribution in [1.29, 1.82) is 0 Å². The first-order chi connectivity index (χ1) is 8.36. The van der Waals surface area contributed by atoms with Gasteiger partial charge < -0.3 is 10.1 Å². The fourth-order valence-corrected chi connectivity index (χ4v) is 3.59. The topological polar surface area (TPSA) is 21.3 Å². The van der Waals surface area contributed by atoms with E-state index >= 15 is 0 Å². The molecule has 3 aliphatic rings. The van der Waals surface area contributed by atoms with E-state index in [0.717, 1.165) is 6.04 Å². The molecule has 1 spiro atoms. The maximum atomic E-state index is 6.38. The SMILES string of the molecule is C1CCC2(CC1)CCC(CCCNC1CC1)O2. The molecule has 98 valence electrons. The molecule has 1 unspecified atom stereocenters. The number of ether oxygens (including phenoxy) is 1. The lowest BCUT2D eigenvalue weighted by Gasteiger charge is -2.33. The van der Waals surface area contributed by atoms with E-state index in [2.05, 4.69) is 5.32 Å². The zero-order chi connectivity index (χ0) is 11.6. The predicted molar refractivity (Wildman–Crippen MR) is 70.2 cm³/mol. The highest BCUT2D eigenvalue weighted by Gasteiger charge is 2.40. The molecule has 3 fully saturated rings. The van der Waals surface area contributed by atoms with Gasteiger partial charge in [0.1, 0.15) is 0 Å². The summed E-state index contributed by atoms with van der Waals surface area (Å²) in [6.45, 7) is 1.21. The second-order valence-electron chi connectivity index (χ2n) is 6.39. The molecule has 0 aromatic carbocycles. The fraction of sp³-hybridized carbons (Fsp3) is 1.00. The first-order valence-electron chi connectivity index (χ1n) is 7.78. The van der Waals surface area contributed by atoms with E-state index in [1.165, 1.54) is 77.2 Å². The standard InChI is InChI=1S/C15H27NO/c1-2-9-15(10-3-1)11-8-14(17-15)5-4-12-16-13-6-7-13/h13-14,16H,1-12H2. The van der Waals surface area contributed by atoms with Gasteiger partial charge in [0, 0.05) is 6.04 Å². The van der Waals surface area contributed by atoms with E-state index in [0.29, 0.717) is 11.7 Å². The third-order valence-electron chi connectivity index (χ3n) is 4.82. The summed E-state index contributed by atoms with van der Waals surface area (Å²) in [6, 6.07) is 0.865. The molecule has 17 heavy (non-hydrogen) atoms. The largest absolute Gasteiger partial charge is 0.372 e. The minimum absolute atomic E-state index is 0.326. The number of rotatable bonds is 5. The van der Waals surface area contributed by atoms with Crippen LogP contribution in [0, 0.1) is 0 Å². The quantitative estimate of drug-likeness (QED) is 0.740. The van der Waals surface area contributed by atoms with Crippen LogP contribution in [0.25, 0.3) is 0 Å². The van der Waals surface area contributed by atoms with Gasteiger partial charge in [-0.15, -0.1) is 0 Å². The molecular formula is C15H27NO. The summed E-state index contributed by atoms with van der Waals surface area (Å²) in [7, 11) is 0. The summed E-state index contributed by atoms with van der Waals surface area (Å²) in [5, 5.41) is 3.60. The van der Waals surface area contributed by atoms with Crippen LogP contribution >= 0.6 is 0 Å². The van der Waals surface area contributed by atoms with Gasteiger partial charge in [-0.25, -0.2) is 0 Å². The van der Waals surface area contributed by atoms with E-state index in [1.54, 1.807) is 0 Å². The van der Waals surface area contributed by atoms with Crippen molar-refractivity contribution in [2.75, 3.05) is 6.54 Å². The van der Waals surface area contributed by atoms with Gasteiger partial charge in [-0.1, -0.05) is 19.3 Å². The minimum Gasteiger partial charge on any atom is -0.372 e. The average molecular weight is 237 g/mol. The Balaban J connectivity index is 1.34. The first-order valence-corrected chi connectivity index (χ1v) is 7.78. The molecule has 0 amide bonds. The molecule has 2 aliphatic carbocycles. The maximum Gasteiger partial charge on any atom is 0.0687 e. The molecule has 0 bridgehead atoms. The zero-order valence-electron chi connectivity index (χ0n) is 11.0.